The summed E-state index contributed by atoms with van der Waals surface area (Å²) < 4.78 is 5.37. The molecule has 13 heavy (non-hydrogen) atoms. The highest BCUT2D eigenvalue weighted by atomic mass is 16.5. The van der Waals surface area contributed by atoms with Crippen LogP contribution in [0.15, 0.2) is 0 Å². The first kappa shape index (κ1) is 11.0. The van der Waals surface area contributed by atoms with Crippen LogP contribution in [-0.4, -0.2) is 49.8 Å². The highest BCUT2D eigenvalue weighted by Crippen LogP contribution is 2.15. The predicted octanol–water partition coefficient (Wildman–Crippen LogP) is 0.707. The maximum Gasteiger partial charge on any atom is 0.0593 e. The number of hydrogen-bond acceptors (Lipinski definition) is 3. The summed E-state index contributed by atoms with van der Waals surface area (Å²) >= 11 is 0. The maximum atomic E-state index is 5.37. The van der Waals surface area contributed by atoms with Gasteiger partial charge in [0, 0.05) is 38.3 Å². The Morgan fingerprint density at radius 1 is 1.46 bits per heavy atom. The minimum atomic E-state index is 0.287. The van der Waals surface area contributed by atoms with Crippen molar-refractivity contribution in [2.75, 3.05) is 39.4 Å². The molecule has 78 valence electrons. The molecule has 1 aliphatic rings. The predicted molar refractivity (Wildman–Crippen MR) is 55.0 cm³/mol. The molecule has 3 heteroatoms. The van der Waals surface area contributed by atoms with E-state index in [2.05, 4.69) is 24.1 Å². The summed E-state index contributed by atoms with van der Waals surface area (Å²) in [5.41, 5.74) is 0.287. The summed E-state index contributed by atoms with van der Waals surface area (Å²) in [6, 6.07) is 0. The van der Waals surface area contributed by atoms with Crippen LogP contribution in [-0.2, 0) is 4.74 Å². The molecule has 0 unspecified atom stereocenters. The van der Waals surface area contributed by atoms with E-state index >= 15 is 0 Å². The molecule has 0 bridgehead atoms. The van der Waals surface area contributed by atoms with Gasteiger partial charge in [0.25, 0.3) is 0 Å². The van der Waals surface area contributed by atoms with Crippen molar-refractivity contribution in [1.29, 1.82) is 0 Å². The van der Waals surface area contributed by atoms with Crippen LogP contribution in [0.25, 0.3) is 0 Å². The summed E-state index contributed by atoms with van der Waals surface area (Å²) in [7, 11) is 0. The van der Waals surface area contributed by atoms with E-state index in [-0.39, 0.29) is 5.54 Å². The van der Waals surface area contributed by atoms with Gasteiger partial charge < -0.3 is 10.1 Å². The molecule has 0 aromatic heterocycles. The van der Waals surface area contributed by atoms with Crippen LogP contribution in [0.1, 0.15) is 20.8 Å². The molecule has 1 N–H and O–H groups in total. The number of nitrogens with one attached hydrogen (secondary N) is 1. The fourth-order valence-electron chi connectivity index (χ4n) is 1.76. The third-order valence-corrected chi connectivity index (χ3v) is 2.68. The molecule has 1 fully saturated rings. The molecular weight excluding hydrogens is 164 g/mol. The van der Waals surface area contributed by atoms with E-state index in [4.69, 9.17) is 4.74 Å². The number of ether oxygens (including phenoxy) is 1. The molecule has 1 heterocycles. The van der Waals surface area contributed by atoms with E-state index in [1.807, 2.05) is 6.92 Å². The van der Waals surface area contributed by atoms with Gasteiger partial charge in [-0.1, -0.05) is 0 Å². The molecule has 3 nitrogen and oxygen atoms in total. The lowest BCUT2D eigenvalue weighted by molar-refractivity contribution is 0.0466. The number of rotatable bonds is 4. The van der Waals surface area contributed by atoms with Crippen molar-refractivity contribution in [3.63, 3.8) is 0 Å². The zero-order chi connectivity index (χ0) is 9.73. The second kappa shape index (κ2) is 4.94. The SMILES string of the molecule is CCOCCN1CCNCC1(C)C. The fraction of sp³-hybridized carbons (Fsp3) is 1.00. The Bertz CT molecular complexity index is 148. The van der Waals surface area contributed by atoms with Crippen molar-refractivity contribution < 1.29 is 4.74 Å². The van der Waals surface area contributed by atoms with Gasteiger partial charge in [0.15, 0.2) is 0 Å². The molecule has 0 saturated carbocycles. The van der Waals surface area contributed by atoms with Gasteiger partial charge in [0.2, 0.25) is 0 Å². The second-order valence-corrected chi connectivity index (χ2v) is 4.17. The van der Waals surface area contributed by atoms with Gasteiger partial charge in [-0.15, -0.1) is 0 Å². The maximum absolute atomic E-state index is 5.37. The van der Waals surface area contributed by atoms with Crippen LogP contribution in [0.4, 0.5) is 0 Å². The third kappa shape index (κ3) is 3.25. The Labute approximate surface area is 81.4 Å². The van der Waals surface area contributed by atoms with E-state index in [9.17, 15) is 0 Å². The van der Waals surface area contributed by atoms with Crippen LogP contribution in [0, 0.1) is 0 Å². The Kier molecular flexibility index (Phi) is 4.16. The normalized spacial score (nSPS) is 23.3. The summed E-state index contributed by atoms with van der Waals surface area (Å²) in [5.74, 6) is 0. The summed E-state index contributed by atoms with van der Waals surface area (Å²) in [6.45, 7) is 12.7. The van der Waals surface area contributed by atoms with Crippen LogP contribution in [0.2, 0.25) is 0 Å². The number of nitrogens with zero attached hydrogens (tertiary/aromatic N) is 1. The Morgan fingerprint density at radius 3 is 2.85 bits per heavy atom. The van der Waals surface area contributed by atoms with Crippen molar-refractivity contribution >= 4 is 0 Å². The summed E-state index contributed by atoms with van der Waals surface area (Å²) in [6.07, 6.45) is 0. The highest BCUT2D eigenvalue weighted by Gasteiger charge is 2.28. The van der Waals surface area contributed by atoms with Gasteiger partial charge in [-0.25, -0.2) is 0 Å². The highest BCUT2D eigenvalue weighted by molar-refractivity contribution is 4.87. The molecule has 0 spiro atoms. The number of hydrogen-bond donors (Lipinski definition) is 1. The zero-order valence-corrected chi connectivity index (χ0v) is 9.10. The molecule has 0 aromatic rings. The largest absolute Gasteiger partial charge is 0.380 e. The lowest BCUT2D eigenvalue weighted by Crippen LogP contribution is -2.58. The molecule has 1 aliphatic heterocycles. The summed E-state index contributed by atoms with van der Waals surface area (Å²) in [5, 5.41) is 3.41. The minimum Gasteiger partial charge on any atom is -0.380 e. The molecule has 0 aromatic carbocycles. The first-order valence-corrected chi connectivity index (χ1v) is 5.20. The molecule has 0 aliphatic carbocycles. The standard InChI is InChI=1S/C10H22N2O/c1-4-13-8-7-12-6-5-11-9-10(12,2)3/h11H,4-9H2,1-3H3. The van der Waals surface area contributed by atoms with Crippen molar-refractivity contribution in [2.24, 2.45) is 0 Å². The van der Waals surface area contributed by atoms with Crippen molar-refractivity contribution in [2.45, 2.75) is 26.3 Å². The summed E-state index contributed by atoms with van der Waals surface area (Å²) in [4.78, 5) is 2.50. The van der Waals surface area contributed by atoms with Gasteiger partial charge in [-0.05, 0) is 20.8 Å². The zero-order valence-electron chi connectivity index (χ0n) is 9.10. The smallest absolute Gasteiger partial charge is 0.0593 e. The van der Waals surface area contributed by atoms with Gasteiger partial charge in [-0.3, -0.25) is 4.90 Å². The average Bonchev–Trinajstić information content (AvgIpc) is 2.08. The van der Waals surface area contributed by atoms with Crippen LogP contribution < -0.4 is 5.32 Å². The lowest BCUT2D eigenvalue weighted by Gasteiger charge is -2.42. The average molecular weight is 186 g/mol. The quantitative estimate of drug-likeness (QED) is 0.654. The van der Waals surface area contributed by atoms with Gasteiger partial charge in [0.1, 0.15) is 0 Å². The third-order valence-electron chi connectivity index (χ3n) is 2.68. The van der Waals surface area contributed by atoms with Gasteiger partial charge >= 0.3 is 0 Å². The lowest BCUT2D eigenvalue weighted by atomic mass is 10.0. The van der Waals surface area contributed by atoms with E-state index in [0.29, 0.717) is 0 Å². The molecule has 0 atom stereocenters. The second-order valence-electron chi connectivity index (χ2n) is 4.17. The van der Waals surface area contributed by atoms with Crippen molar-refractivity contribution in [1.82, 2.24) is 10.2 Å². The van der Waals surface area contributed by atoms with Crippen molar-refractivity contribution in [3.8, 4) is 0 Å². The first-order chi connectivity index (χ1) is 6.17. The van der Waals surface area contributed by atoms with Crippen LogP contribution >= 0.6 is 0 Å². The molecular formula is C10H22N2O. The fourth-order valence-corrected chi connectivity index (χ4v) is 1.76. The minimum absolute atomic E-state index is 0.287. The Balaban J connectivity index is 2.29. The van der Waals surface area contributed by atoms with E-state index in [1.165, 1.54) is 0 Å². The Morgan fingerprint density at radius 2 is 2.23 bits per heavy atom. The molecule has 1 rings (SSSR count). The van der Waals surface area contributed by atoms with Crippen LogP contribution in [0.3, 0.4) is 0 Å². The van der Waals surface area contributed by atoms with E-state index in [1.54, 1.807) is 0 Å². The van der Waals surface area contributed by atoms with E-state index in [0.717, 1.165) is 39.4 Å². The van der Waals surface area contributed by atoms with Gasteiger partial charge in [-0.2, -0.15) is 0 Å². The van der Waals surface area contributed by atoms with Gasteiger partial charge in [0.05, 0.1) is 6.61 Å². The molecule has 1 saturated heterocycles. The van der Waals surface area contributed by atoms with E-state index < -0.39 is 0 Å². The topological polar surface area (TPSA) is 24.5 Å². The molecule has 0 amide bonds. The van der Waals surface area contributed by atoms with Crippen LogP contribution in [0.5, 0.6) is 0 Å². The Hall–Kier alpha value is -0.120. The number of piperazine rings is 1. The monoisotopic (exact) mass is 186 g/mol. The first-order valence-electron chi connectivity index (χ1n) is 5.20. The van der Waals surface area contributed by atoms with Crippen molar-refractivity contribution in [3.05, 3.63) is 0 Å². The molecule has 0 radical (unpaired) electrons.